The van der Waals surface area contributed by atoms with Gasteiger partial charge < -0.3 is 9.47 Å². The van der Waals surface area contributed by atoms with Gasteiger partial charge in [0, 0.05) is 16.5 Å². The number of benzene rings is 2. The molecule has 138 valence electrons. The van der Waals surface area contributed by atoms with Crippen molar-refractivity contribution in [2.75, 3.05) is 6.61 Å². The highest BCUT2D eigenvalue weighted by atomic mass is 79.9. The lowest BCUT2D eigenvalue weighted by molar-refractivity contribution is 0.0192. The number of para-hydroxylation sites is 1. The average molecular weight is 431 g/mol. The summed E-state index contributed by atoms with van der Waals surface area (Å²) in [4.78, 5) is 12.7. The number of hydrogen-bond acceptors (Lipinski definition) is 4. The first-order chi connectivity index (χ1) is 13.0. The van der Waals surface area contributed by atoms with Gasteiger partial charge in [-0.25, -0.2) is 13.9 Å². The molecule has 0 amide bonds. The number of rotatable bonds is 3. The molecule has 1 atom stereocenters. The maximum Gasteiger partial charge on any atom is 0.342 e. The van der Waals surface area contributed by atoms with Gasteiger partial charge in [-0.3, -0.25) is 0 Å². The number of carbonyl (C=O) groups excluding carboxylic acids is 1. The third-order valence-corrected chi connectivity index (χ3v) is 5.01. The van der Waals surface area contributed by atoms with Crippen molar-refractivity contribution < 1.29 is 18.7 Å². The van der Waals surface area contributed by atoms with Crippen LogP contribution in [0.4, 0.5) is 4.39 Å². The van der Waals surface area contributed by atoms with E-state index in [1.807, 2.05) is 18.2 Å². The van der Waals surface area contributed by atoms with Crippen LogP contribution in [0.5, 0.6) is 5.75 Å². The third-order valence-electron chi connectivity index (χ3n) is 4.52. The van der Waals surface area contributed by atoms with Crippen LogP contribution in [-0.2, 0) is 4.74 Å². The molecule has 4 rings (SSSR count). The first-order valence-corrected chi connectivity index (χ1v) is 9.26. The minimum Gasteiger partial charge on any atom is -0.493 e. The number of carbonyl (C=O) groups is 1. The van der Waals surface area contributed by atoms with Gasteiger partial charge in [-0.05, 0) is 37.3 Å². The van der Waals surface area contributed by atoms with E-state index in [0.717, 1.165) is 10.0 Å². The van der Waals surface area contributed by atoms with E-state index < -0.39 is 17.9 Å². The van der Waals surface area contributed by atoms with Gasteiger partial charge >= 0.3 is 5.97 Å². The van der Waals surface area contributed by atoms with Gasteiger partial charge in [-0.1, -0.05) is 28.1 Å². The predicted molar refractivity (Wildman–Crippen MR) is 101 cm³/mol. The van der Waals surface area contributed by atoms with Crippen molar-refractivity contribution in [3.8, 4) is 11.4 Å². The van der Waals surface area contributed by atoms with Gasteiger partial charge in [0.25, 0.3) is 0 Å². The largest absolute Gasteiger partial charge is 0.493 e. The summed E-state index contributed by atoms with van der Waals surface area (Å²) in [6.07, 6.45) is 1.57. The Hall–Kier alpha value is -2.67. The molecule has 0 fully saturated rings. The zero-order valence-corrected chi connectivity index (χ0v) is 16.1. The van der Waals surface area contributed by atoms with E-state index in [9.17, 15) is 9.18 Å². The first kappa shape index (κ1) is 17.7. The summed E-state index contributed by atoms with van der Waals surface area (Å²) in [6.45, 7) is 2.19. The molecule has 0 spiro atoms. The lowest BCUT2D eigenvalue weighted by atomic mass is 10.0. The summed E-state index contributed by atoms with van der Waals surface area (Å²) in [5, 5.41) is 4.16. The van der Waals surface area contributed by atoms with E-state index in [1.165, 1.54) is 16.9 Å². The molecule has 1 aliphatic rings. The van der Waals surface area contributed by atoms with Crippen molar-refractivity contribution in [1.82, 2.24) is 9.78 Å². The van der Waals surface area contributed by atoms with Gasteiger partial charge in [0.1, 0.15) is 28.9 Å². The molecule has 1 aromatic heterocycles. The van der Waals surface area contributed by atoms with E-state index in [1.54, 1.807) is 25.1 Å². The molecule has 0 aliphatic carbocycles. The molecule has 0 N–H and O–H groups in total. The number of hydrogen-bond donors (Lipinski definition) is 0. The normalized spacial score (nSPS) is 15.7. The van der Waals surface area contributed by atoms with Gasteiger partial charge in [0.15, 0.2) is 0 Å². The molecule has 2 heterocycles. The van der Waals surface area contributed by atoms with Crippen LogP contribution in [0.25, 0.3) is 5.69 Å². The van der Waals surface area contributed by atoms with E-state index in [2.05, 4.69) is 21.0 Å². The van der Waals surface area contributed by atoms with Crippen molar-refractivity contribution in [3.05, 3.63) is 75.8 Å². The Kier molecular flexibility index (Phi) is 4.70. The molecule has 1 aliphatic heterocycles. The van der Waals surface area contributed by atoms with Crippen LogP contribution in [0.2, 0.25) is 0 Å². The molecule has 27 heavy (non-hydrogen) atoms. The Morgan fingerprint density at radius 3 is 2.96 bits per heavy atom. The van der Waals surface area contributed by atoms with Gasteiger partial charge in [-0.15, -0.1) is 0 Å². The van der Waals surface area contributed by atoms with E-state index in [0.29, 0.717) is 30.0 Å². The average Bonchev–Trinajstić information content (AvgIpc) is 3.04. The van der Waals surface area contributed by atoms with Crippen molar-refractivity contribution in [2.24, 2.45) is 0 Å². The Bertz CT molecular complexity index is 1020. The molecule has 7 heteroatoms. The molecule has 0 radical (unpaired) electrons. The fourth-order valence-electron chi connectivity index (χ4n) is 3.13. The van der Waals surface area contributed by atoms with E-state index >= 15 is 0 Å². The zero-order valence-electron chi connectivity index (χ0n) is 14.5. The molecule has 0 bridgehead atoms. The summed E-state index contributed by atoms with van der Waals surface area (Å²) in [5.74, 6) is -0.194. The highest BCUT2D eigenvalue weighted by Crippen LogP contribution is 2.37. The Balaban J connectivity index is 1.61. The maximum atomic E-state index is 14.0. The number of esters is 1. The second kappa shape index (κ2) is 7.15. The Morgan fingerprint density at radius 2 is 2.15 bits per heavy atom. The molecule has 0 saturated carbocycles. The number of ether oxygens (including phenoxy) is 2. The first-order valence-electron chi connectivity index (χ1n) is 8.47. The number of nitrogens with zero attached hydrogens (tertiary/aromatic N) is 2. The van der Waals surface area contributed by atoms with Crippen LogP contribution >= 0.6 is 15.9 Å². The number of aromatic nitrogens is 2. The summed E-state index contributed by atoms with van der Waals surface area (Å²) in [5.41, 5.74) is 1.94. The molecular weight excluding hydrogens is 415 g/mol. The van der Waals surface area contributed by atoms with Gasteiger partial charge in [-0.2, -0.15) is 5.10 Å². The SMILES string of the molecule is Cc1c(C(=O)O[C@H]2CCOc3ccc(Br)cc32)cnn1-c1ccccc1F. The third kappa shape index (κ3) is 3.35. The van der Waals surface area contributed by atoms with Crippen LogP contribution < -0.4 is 4.74 Å². The van der Waals surface area contributed by atoms with Crippen molar-refractivity contribution in [3.63, 3.8) is 0 Å². The van der Waals surface area contributed by atoms with Crippen LogP contribution in [0.3, 0.4) is 0 Å². The summed E-state index contributed by atoms with van der Waals surface area (Å²) < 4.78 is 27.7. The number of halogens is 2. The molecule has 5 nitrogen and oxygen atoms in total. The molecule has 2 aromatic carbocycles. The summed E-state index contributed by atoms with van der Waals surface area (Å²) >= 11 is 3.43. The van der Waals surface area contributed by atoms with Crippen molar-refractivity contribution in [2.45, 2.75) is 19.4 Å². The lowest BCUT2D eigenvalue weighted by Crippen LogP contribution is -2.20. The lowest BCUT2D eigenvalue weighted by Gasteiger charge is -2.26. The maximum absolute atomic E-state index is 14.0. The molecule has 3 aromatic rings. The topological polar surface area (TPSA) is 53.4 Å². The summed E-state index contributed by atoms with van der Waals surface area (Å²) in [7, 11) is 0. The second-order valence-corrected chi connectivity index (χ2v) is 7.14. The minimum atomic E-state index is -0.493. The van der Waals surface area contributed by atoms with Crippen molar-refractivity contribution in [1.29, 1.82) is 0 Å². The van der Waals surface area contributed by atoms with Crippen molar-refractivity contribution >= 4 is 21.9 Å². The van der Waals surface area contributed by atoms with E-state index in [4.69, 9.17) is 9.47 Å². The Labute approximate surface area is 163 Å². The Morgan fingerprint density at radius 1 is 1.33 bits per heavy atom. The standard InChI is InChI=1S/C20H16BrFN2O3/c1-12-15(11-23-24(12)17-5-3-2-4-16(17)22)20(25)27-19-8-9-26-18-7-6-13(21)10-14(18)19/h2-7,10-11,19H,8-9H2,1H3/t19-/m0/s1. The fraction of sp³-hybridized carbons (Fsp3) is 0.200. The molecule has 0 unspecified atom stereocenters. The van der Waals surface area contributed by atoms with Crippen LogP contribution in [-0.4, -0.2) is 22.4 Å². The molecular formula is C20H16BrFN2O3. The smallest absolute Gasteiger partial charge is 0.342 e. The second-order valence-electron chi connectivity index (χ2n) is 6.22. The van der Waals surface area contributed by atoms with Crippen LogP contribution in [0.15, 0.2) is 53.1 Å². The minimum absolute atomic E-state index is 0.286. The predicted octanol–water partition coefficient (Wildman–Crippen LogP) is 4.76. The van der Waals surface area contributed by atoms with E-state index in [-0.39, 0.29) is 5.69 Å². The van der Waals surface area contributed by atoms with Gasteiger partial charge in [0.05, 0.1) is 18.5 Å². The highest BCUT2D eigenvalue weighted by molar-refractivity contribution is 9.10. The molecule has 0 saturated heterocycles. The fourth-order valence-corrected chi connectivity index (χ4v) is 3.50. The monoisotopic (exact) mass is 430 g/mol. The number of fused-ring (bicyclic) bond motifs is 1. The summed E-state index contributed by atoms with van der Waals surface area (Å²) in [6, 6.07) is 11.9. The van der Waals surface area contributed by atoms with Crippen LogP contribution in [0, 0.1) is 12.7 Å². The quantitative estimate of drug-likeness (QED) is 0.561. The zero-order chi connectivity index (χ0) is 19.0. The van der Waals surface area contributed by atoms with Crippen LogP contribution in [0.1, 0.15) is 34.1 Å². The van der Waals surface area contributed by atoms with Gasteiger partial charge in [0.2, 0.25) is 0 Å². The highest BCUT2D eigenvalue weighted by Gasteiger charge is 2.27.